The molecule has 4 aliphatic rings. The number of hydrogen-bond donors (Lipinski definition) is 0. The van der Waals surface area contributed by atoms with E-state index >= 15 is 8.78 Å². The van der Waals surface area contributed by atoms with Crippen LogP contribution >= 0.6 is 0 Å². The maximum Gasteiger partial charge on any atom is 0.256 e. The van der Waals surface area contributed by atoms with Crippen LogP contribution in [-0.2, 0) is 10.8 Å². The maximum absolute atomic E-state index is 17.2. The molecule has 0 spiro atoms. The van der Waals surface area contributed by atoms with Crippen LogP contribution in [0.3, 0.4) is 0 Å². The van der Waals surface area contributed by atoms with Crippen LogP contribution in [0.25, 0.3) is 55.0 Å². The maximum atomic E-state index is 17.2. The molecular formula is C80H59B2F2N5O. The standard InChI is InChI=1S/C80H59B2F2N5O/c1-79(2,3)48-36-38-56-54-26-13-17-32-64(54)87(67(56)40-48)52-42-71-76-72(43-52)89(78-62(83)30-21-31-63(78)84)66-34-19-15-28-58(66)81(76)60-46-61-70(47-69(60)85(71)50-22-9-7-10-23-50)86(51-24-11-8-12-25-51)73-44-53(45-75-77(73)82(61)59-29-16-20-35-74(59)90-75)88-65-33-18-14-27-55(65)57-39-37-49(41-68(57)88)80(4,5)6/h7-47H,1-6H3. The molecule has 0 unspecified atom stereocenters. The van der Waals surface area contributed by atoms with E-state index < -0.39 is 18.3 Å². The fourth-order valence-corrected chi connectivity index (χ4v) is 15.4. The van der Waals surface area contributed by atoms with E-state index in [1.165, 1.54) is 40.1 Å². The molecule has 6 nitrogen and oxygen atoms in total. The summed E-state index contributed by atoms with van der Waals surface area (Å²) in [6.07, 6.45) is 0. The number of fused-ring (bicyclic) bond motifs is 14. The van der Waals surface area contributed by atoms with Crippen LogP contribution in [0, 0.1) is 11.6 Å². The van der Waals surface area contributed by atoms with E-state index in [4.69, 9.17) is 4.74 Å². The van der Waals surface area contributed by atoms with Crippen molar-refractivity contribution in [2.45, 2.75) is 52.4 Å². The molecular weight excluding hydrogens is 1110 g/mol. The van der Waals surface area contributed by atoms with Crippen molar-refractivity contribution in [3.05, 3.63) is 271 Å². The van der Waals surface area contributed by atoms with E-state index in [-0.39, 0.29) is 23.2 Å². The third kappa shape index (κ3) is 7.51. The smallest absolute Gasteiger partial charge is 0.256 e. The number of hydrogen-bond acceptors (Lipinski definition) is 4. The molecule has 0 amide bonds. The van der Waals surface area contributed by atoms with Gasteiger partial charge in [-0.05, 0) is 152 Å². The van der Waals surface area contributed by atoms with Gasteiger partial charge < -0.3 is 28.6 Å². The van der Waals surface area contributed by atoms with Gasteiger partial charge in [0.2, 0.25) is 0 Å². The lowest BCUT2D eigenvalue weighted by molar-refractivity contribution is 0.487. The molecule has 0 N–H and O–H groups in total. The Kier molecular flexibility index (Phi) is 11.1. The first-order chi connectivity index (χ1) is 43.8. The first-order valence-electron chi connectivity index (χ1n) is 31.2. The Morgan fingerprint density at radius 1 is 0.311 bits per heavy atom. The van der Waals surface area contributed by atoms with Gasteiger partial charge in [0.1, 0.15) is 28.8 Å². The van der Waals surface area contributed by atoms with Crippen molar-refractivity contribution in [3.8, 4) is 22.9 Å². The third-order valence-corrected chi connectivity index (χ3v) is 19.5. The number of rotatable bonds is 5. The van der Waals surface area contributed by atoms with E-state index in [9.17, 15) is 0 Å². The van der Waals surface area contributed by atoms with Gasteiger partial charge in [-0.15, -0.1) is 0 Å². The van der Waals surface area contributed by atoms with Gasteiger partial charge in [-0.2, -0.15) is 0 Å². The van der Waals surface area contributed by atoms with Gasteiger partial charge in [0.15, 0.2) is 0 Å². The Hall–Kier alpha value is -10.6. The van der Waals surface area contributed by atoms with Gasteiger partial charge in [-0.25, -0.2) is 8.78 Å². The molecule has 0 bridgehead atoms. The molecule has 18 rings (SSSR count). The topological polar surface area (TPSA) is 28.8 Å². The highest BCUT2D eigenvalue weighted by Crippen LogP contribution is 2.51. The molecule has 0 aliphatic carbocycles. The molecule has 0 saturated carbocycles. The van der Waals surface area contributed by atoms with Gasteiger partial charge in [0.25, 0.3) is 13.4 Å². The van der Waals surface area contributed by atoms with Crippen molar-refractivity contribution < 1.29 is 13.5 Å². The van der Waals surface area contributed by atoms with Crippen LogP contribution < -0.4 is 52.2 Å². The average molecular weight is 1170 g/mol. The van der Waals surface area contributed by atoms with Crippen LogP contribution in [0.15, 0.2) is 249 Å². The first kappa shape index (κ1) is 52.5. The van der Waals surface area contributed by atoms with Crippen molar-refractivity contribution in [2.75, 3.05) is 14.7 Å². The second kappa shape index (κ2) is 19.0. The predicted molar refractivity (Wildman–Crippen MR) is 372 cm³/mol. The summed E-state index contributed by atoms with van der Waals surface area (Å²) in [7, 11) is 0. The molecule has 6 heterocycles. The van der Waals surface area contributed by atoms with Crippen LogP contribution in [0.4, 0.5) is 60.0 Å². The number of para-hydroxylation sites is 7. The van der Waals surface area contributed by atoms with Crippen LogP contribution in [-0.4, -0.2) is 22.6 Å². The summed E-state index contributed by atoms with van der Waals surface area (Å²) in [4.78, 5) is 6.73. The molecule has 430 valence electrons. The zero-order valence-corrected chi connectivity index (χ0v) is 50.7. The highest BCUT2D eigenvalue weighted by molar-refractivity contribution is 7.02. The first-order valence-corrected chi connectivity index (χ1v) is 31.2. The van der Waals surface area contributed by atoms with E-state index in [0.29, 0.717) is 11.4 Å². The summed E-state index contributed by atoms with van der Waals surface area (Å²) in [5.41, 5.74) is 21.8. The summed E-state index contributed by atoms with van der Waals surface area (Å²) < 4.78 is 46.4. The minimum Gasteiger partial charge on any atom is -0.458 e. The van der Waals surface area contributed by atoms with E-state index in [2.05, 4.69) is 279 Å². The summed E-state index contributed by atoms with van der Waals surface area (Å²) in [5, 5.41) is 4.62. The van der Waals surface area contributed by atoms with Crippen molar-refractivity contribution in [1.82, 2.24) is 9.13 Å². The molecule has 90 heavy (non-hydrogen) atoms. The minimum atomic E-state index is -0.649. The molecule has 4 aliphatic heterocycles. The van der Waals surface area contributed by atoms with E-state index in [0.717, 1.165) is 123 Å². The molecule has 0 radical (unpaired) electrons. The Morgan fingerprint density at radius 2 is 0.767 bits per heavy atom. The van der Waals surface area contributed by atoms with Crippen LogP contribution in [0.1, 0.15) is 52.7 Å². The number of anilines is 9. The summed E-state index contributed by atoms with van der Waals surface area (Å²) in [6.45, 7) is 12.9. The minimum absolute atomic E-state index is 0.0837. The fraction of sp³-hybridized carbons (Fsp3) is 0.100. The lowest BCUT2D eigenvalue weighted by atomic mass is 9.30. The average Bonchev–Trinajstić information content (AvgIpc) is 0.864. The number of benzene rings is 12. The zero-order valence-electron chi connectivity index (χ0n) is 50.7. The van der Waals surface area contributed by atoms with Crippen LogP contribution in [0.2, 0.25) is 0 Å². The Balaban J connectivity index is 0.963. The molecule has 12 aromatic carbocycles. The number of ether oxygens (including phenoxy) is 1. The fourth-order valence-electron chi connectivity index (χ4n) is 15.4. The highest BCUT2D eigenvalue weighted by Gasteiger charge is 2.49. The monoisotopic (exact) mass is 1170 g/mol. The van der Waals surface area contributed by atoms with Crippen molar-refractivity contribution >= 4 is 141 Å². The van der Waals surface area contributed by atoms with Gasteiger partial charge in [-0.3, -0.25) is 0 Å². The Bertz CT molecular complexity index is 5370. The third-order valence-electron chi connectivity index (χ3n) is 19.5. The molecule has 0 atom stereocenters. The summed E-state index contributed by atoms with van der Waals surface area (Å²) in [6, 6.07) is 87.5. The van der Waals surface area contributed by atoms with E-state index in [1.54, 1.807) is 0 Å². The highest BCUT2D eigenvalue weighted by atomic mass is 19.1. The van der Waals surface area contributed by atoms with Gasteiger partial charge in [0.05, 0.1) is 33.4 Å². The number of aromatic nitrogens is 2. The second-order valence-corrected chi connectivity index (χ2v) is 26.7. The second-order valence-electron chi connectivity index (χ2n) is 26.7. The van der Waals surface area contributed by atoms with E-state index in [1.807, 2.05) is 17.0 Å². The van der Waals surface area contributed by atoms with Crippen LogP contribution in [0.5, 0.6) is 11.5 Å². The summed E-state index contributed by atoms with van der Waals surface area (Å²) >= 11 is 0. The molecule has 10 heteroatoms. The zero-order chi connectivity index (χ0) is 60.6. The quantitative estimate of drug-likeness (QED) is 0.161. The summed E-state index contributed by atoms with van der Waals surface area (Å²) in [5.74, 6) is 0.307. The number of nitrogens with zero attached hydrogens (tertiary/aromatic N) is 5. The van der Waals surface area contributed by atoms with Gasteiger partial charge >= 0.3 is 0 Å². The lowest BCUT2D eigenvalue weighted by Gasteiger charge is -2.46. The van der Waals surface area contributed by atoms with Crippen molar-refractivity contribution in [1.29, 1.82) is 0 Å². The number of halogens is 2. The Labute approximate surface area is 522 Å². The lowest BCUT2D eigenvalue weighted by Crippen LogP contribution is -2.64. The largest absolute Gasteiger partial charge is 0.458 e. The molecule has 0 fully saturated rings. The molecule has 2 aromatic heterocycles. The predicted octanol–water partition coefficient (Wildman–Crippen LogP) is 17.2. The Morgan fingerprint density at radius 3 is 1.33 bits per heavy atom. The molecule has 14 aromatic rings. The SMILES string of the molecule is CC(C)(C)c1ccc2c3ccccc3n(-c3cc4c5c(c3)N(c3ccccc3)c3cc6c(cc3B5c3ccccc3O4)B3c4ccccc4N(c4c(F)cccc4F)c4cc(-n5c7ccccc7c7ccc(C(C)(C)C)cc75)cc(c43)N6c3ccccc3)c2c1. The van der Waals surface area contributed by atoms with Crippen molar-refractivity contribution in [3.63, 3.8) is 0 Å². The molecule has 0 saturated heterocycles. The van der Waals surface area contributed by atoms with Gasteiger partial charge in [0, 0.05) is 73.1 Å². The normalized spacial score (nSPS) is 13.8. The van der Waals surface area contributed by atoms with Crippen molar-refractivity contribution in [2.24, 2.45) is 0 Å². The van der Waals surface area contributed by atoms with Gasteiger partial charge in [-0.1, -0.05) is 187 Å².